The van der Waals surface area contributed by atoms with Crippen LogP contribution in [0.3, 0.4) is 0 Å². The predicted molar refractivity (Wildman–Crippen MR) is 79.6 cm³/mol. The second-order valence-electron chi connectivity index (χ2n) is 4.54. The van der Waals surface area contributed by atoms with Crippen molar-refractivity contribution in [2.75, 3.05) is 5.32 Å². The highest BCUT2D eigenvalue weighted by Crippen LogP contribution is 2.15. The number of hydrogen-bond acceptors (Lipinski definition) is 5. The molecule has 8 heteroatoms. The summed E-state index contributed by atoms with van der Waals surface area (Å²) in [7, 11) is 0. The molecular weight excluding hydrogens is 310 g/mol. The van der Waals surface area contributed by atoms with Gasteiger partial charge in [0.2, 0.25) is 5.91 Å². The fourth-order valence-electron chi connectivity index (χ4n) is 1.66. The Kier molecular flexibility index (Phi) is 5.00. The first-order valence-corrected chi connectivity index (χ1v) is 6.86. The highest BCUT2D eigenvalue weighted by Gasteiger charge is 2.22. The number of halogens is 1. The molecule has 2 rings (SSSR count). The molecule has 0 saturated heterocycles. The largest absolute Gasteiger partial charge is 0.448 e. The van der Waals surface area contributed by atoms with E-state index in [9.17, 15) is 14.4 Å². The number of carbonyl (C=O) groups excluding carboxylic acids is 3. The summed E-state index contributed by atoms with van der Waals surface area (Å²) in [5, 5.41) is 3.07. The predicted octanol–water partition coefficient (Wildman–Crippen LogP) is 1.12. The van der Waals surface area contributed by atoms with Crippen molar-refractivity contribution in [1.29, 1.82) is 0 Å². The number of rotatable bonds is 4. The maximum atomic E-state index is 12.0. The number of anilines is 1. The van der Waals surface area contributed by atoms with E-state index in [2.05, 4.69) is 16.2 Å². The van der Waals surface area contributed by atoms with Crippen LogP contribution in [0.25, 0.3) is 0 Å². The summed E-state index contributed by atoms with van der Waals surface area (Å²) in [5.74, 6) is -1.48. The highest BCUT2D eigenvalue weighted by molar-refractivity contribution is 6.30. The van der Waals surface area contributed by atoms with E-state index >= 15 is 0 Å². The third kappa shape index (κ3) is 4.23. The number of hydrazine groups is 1. The smallest absolute Gasteiger partial charge is 0.356 e. The number of benzene rings is 1. The van der Waals surface area contributed by atoms with Crippen molar-refractivity contribution in [2.24, 2.45) is 0 Å². The average molecular weight is 324 g/mol. The van der Waals surface area contributed by atoms with E-state index < -0.39 is 18.0 Å². The van der Waals surface area contributed by atoms with Gasteiger partial charge in [-0.15, -0.1) is 0 Å². The number of amides is 2. The van der Waals surface area contributed by atoms with Crippen LogP contribution in [-0.2, 0) is 19.1 Å². The van der Waals surface area contributed by atoms with Gasteiger partial charge in [-0.1, -0.05) is 17.7 Å². The lowest BCUT2D eigenvalue weighted by Crippen LogP contribution is -2.43. The van der Waals surface area contributed by atoms with Crippen molar-refractivity contribution in [3.8, 4) is 0 Å². The topological polar surface area (TPSA) is 96.5 Å². The molecule has 0 aromatic heterocycles. The Balaban J connectivity index is 1.91. The Morgan fingerprint density at radius 1 is 1.36 bits per heavy atom. The van der Waals surface area contributed by atoms with E-state index in [0.717, 1.165) is 0 Å². The Morgan fingerprint density at radius 3 is 2.77 bits per heavy atom. The summed E-state index contributed by atoms with van der Waals surface area (Å²) in [6.07, 6.45) is 0.454. The number of nitrogens with one attached hydrogen (secondary N) is 3. The van der Waals surface area contributed by atoms with Gasteiger partial charge < -0.3 is 10.1 Å². The molecule has 0 aliphatic carbocycles. The average Bonchev–Trinajstić information content (AvgIpc) is 2.47. The molecule has 1 aliphatic rings. The summed E-state index contributed by atoms with van der Waals surface area (Å²) in [5.41, 5.74) is 5.28. The van der Waals surface area contributed by atoms with Gasteiger partial charge >= 0.3 is 5.97 Å². The monoisotopic (exact) mass is 323 g/mol. The standard InChI is InChI=1S/C14H14ClN3O4/c1-8(13(20)16-10-4-2-3-9(15)7-10)22-14(21)11-5-6-12(19)18-17-11/h2-5,7-8,17H,6H2,1H3,(H,16,20)(H,18,19)/t8-/m0/s1. The molecule has 0 fully saturated rings. The minimum Gasteiger partial charge on any atom is -0.448 e. The molecule has 22 heavy (non-hydrogen) atoms. The van der Waals surface area contributed by atoms with Gasteiger partial charge in [0.25, 0.3) is 5.91 Å². The zero-order valence-corrected chi connectivity index (χ0v) is 12.4. The number of carbonyl (C=O) groups is 3. The van der Waals surface area contributed by atoms with Crippen molar-refractivity contribution in [1.82, 2.24) is 10.9 Å². The molecule has 0 bridgehead atoms. The second-order valence-corrected chi connectivity index (χ2v) is 4.98. The van der Waals surface area contributed by atoms with Gasteiger partial charge in [-0.05, 0) is 31.2 Å². The minimum absolute atomic E-state index is 0.0700. The number of esters is 1. The van der Waals surface area contributed by atoms with Crippen LogP contribution >= 0.6 is 11.6 Å². The summed E-state index contributed by atoms with van der Waals surface area (Å²) in [6, 6.07) is 6.61. The Morgan fingerprint density at radius 2 is 2.14 bits per heavy atom. The van der Waals surface area contributed by atoms with E-state index in [1.54, 1.807) is 24.3 Å². The van der Waals surface area contributed by atoms with Crippen LogP contribution < -0.4 is 16.2 Å². The van der Waals surface area contributed by atoms with Gasteiger partial charge in [-0.25, -0.2) is 4.79 Å². The van der Waals surface area contributed by atoms with Gasteiger partial charge in [0.1, 0.15) is 5.70 Å². The van der Waals surface area contributed by atoms with Crippen molar-refractivity contribution in [3.63, 3.8) is 0 Å². The van der Waals surface area contributed by atoms with Crippen LogP contribution in [0.15, 0.2) is 36.0 Å². The van der Waals surface area contributed by atoms with E-state index in [4.69, 9.17) is 16.3 Å². The van der Waals surface area contributed by atoms with Gasteiger partial charge in [0.05, 0.1) is 0 Å². The summed E-state index contributed by atoms with van der Waals surface area (Å²) in [4.78, 5) is 34.7. The quantitative estimate of drug-likeness (QED) is 0.721. The van der Waals surface area contributed by atoms with Crippen molar-refractivity contribution in [3.05, 3.63) is 41.1 Å². The summed E-state index contributed by atoms with van der Waals surface area (Å²) >= 11 is 5.82. The molecule has 1 aromatic carbocycles. The SMILES string of the molecule is C[C@H](OC(=O)C1=CCC(=O)NN1)C(=O)Nc1cccc(Cl)c1. The minimum atomic E-state index is -1.01. The van der Waals surface area contributed by atoms with Crippen molar-refractivity contribution < 1.29 is 19.1 Å². The Bertz CT molecular complexity index is 645. The number of ether oxygens (including phenoxy) is 1. The maximum absolute atomic E-state index is 12.0. The van der Waals surface area contributed by atoms with Gasteiger partial charge in [0, 0.05) is 17.1 Å². The van der Waals surface area contributed by atoms with E-state index in [1.165, 1.54) is 13.0 Å². The third-order valence-electron chi connectivity index (χ3n) is 2.79. The molecule has 3 N–H and O–H groups in total. The second kappa shape index (κ2) is 6.95. The third-order valence-corrected chi connectivity index (χ3v) is 3.03. The van der Waals surface area contributed by atoms with E-state index in [-0.39, 0.29) is 18.0 Å². The van der Waals surface area contributed by atoms with Crippen LogP contribution in [0.4, 0.5) is 5.69 Å². The summed E-state index contributed by atoms with van der Waals surface area (Å²) in [6.45, 7) is 1.44. The molecule has 0 radical (unpaired) electrons. The molecule has 0 saturated carbocycles. The zero-order valence-electron chi connectivity index (χ0n) is 11.7. The van der Waals surface area contributed by atoms with Crippen molar-refractivity contribution in [2.45, 2.75) is 19.4 Å². The van der Waals surface area contributed by atoms with Crippen LogP contribution in [-0.4, -0.2) is 23.9 Å². The van der Waals surface area contributed by atoms with Gasteiger partial charge in [-0.2, -0.15) is 0 Å². The Labute approximate surface area is 131 Å². The molecule has 0 unspecified atom stereocenters. The van der Waals surface area contributed by atoms with Crippen LogP contribution in [0.1, 0.15) is 13.3 Å². The van der Waals surface area contributed by atoms with Crippen LogP contribution in [0.5, 0.6) is 0 Å². The van der Waals surface area contributed by atoms with Crippen LogP contribution in [0, 0.1) is 0 Å². The molecule has 116 valence electrons. The molecule has 7 nitrogen and oxygen atoms in total. The first kappa shape index (κ1) is 15.8. The lowest BCUT2D eigenvalue weighted by atomic mass is 10.2. The lowest BCUT2D eigenvalue weighted by Gasteiger charge is -2.18. The fraction of sp³-hybridized carbons (Fsp3) is 0.214. The van der Waals surface area contributed by atoms with Crippen molar-refractivity contribution >= 4 is 35.1 Å². The zero-order chi connectivity index (χ0) is 16.1. The highest BCUT2D eigenvalue weighted by atomic mass is 35.5. The number of hydrogen-bond donors (Lipinski definition) is 3. The normalized spacial score (nSPS) is 15.0. The first-order chi connectivity index (χ1) is 10.5. The lowest BCUT2D eigenvalue weighted by molar-refractivity contribution is -0.149. The molecular formula is C14H14ClN3O4. The van der Waals surface area contributed by atoms with E-state index in [0.29, 0.717) is 10.7 Å². The van der Waals surface area contributed by atoms with E-state index in [1.807, 2.05) is 0 Å². The molecule has 2 amide bonds. The molecule has 1 aliphatic heterocycles. The van der Waals surface area contributed by atoms with Crippen LogP contribution in [0.2, 0.25) is 5.02 Å². The Hall–Kier alpha value is -2.54. The molecule has 1 aromatic rings. The van der Waals surface area contributed by atoms with Gasteiger partial charge in [0.15, 0.2) is 6.10 Å². The molecule has 1 atom stereocenters. The first-order valence-electron chi connectivity index (χ1n) is 6.48. The maximum Gasteiger partial charge on any atom is 0.356 e. The molecule has 1 heterocycles. The fourth-order valence-corrected chi connectivity index (χ4v) is 1.85. The summed E-state index contributed by atoms with van der Waals surface area (Å²) < 4.78 is 5.02. The van der Waals surface area contributed by atoms with Gasteiger partial charge in [-0.3, -0.25) is 20.4 Å². The molecule has 0 spiro atoms.